The molecular formula is C12H15F2NO2S. The SMILES string of the molecule is CC(N)C1(c2c(F)ccc(S(C)(=O)=O)c2F)CC1. The quantitative estimate of drug-likeness (QED) is 0.855. The van der Waals surface area contributed by atoms with Gasteiger partial charge in [-0.3, -0.25) is 0 Å². The van der Waals surface area contributed by atoms with Gasteiger partial charge in [0.2, 0.25) is 0 Å². The Labute approximate surface area is 105 Å². The van der Waals surface area contributed by atoms with Crippen LogP contribution in [0.4, 0.5) is 8.78 Å². The first kappa shape index (κ1) is 13.4. The minimum Gasteiger partial charge on any atom is -0.327 e. The second-order valence-corrected chi connectivity index (χ2v) is 6.94. The Morgan fingerprint density at radius 3 is 2.28 bits per heavy atom. The van der Waals surface area contributed by atoms with Crippen LogP contribution in [0, 0.1) is 11.6 Å². The van der Waals surface area contributed by atoms with Gasteiger partial charge in [-0.25, -0.2) is 17.2 Å². The third-order valence-corrected chi connectivity index (χ3v) is 4.73. The highest BCUT2D eigenvalue weighted by molar-refractivity contribution is 7.90. The summed E-state index contributed by atoms with van der Waals surface area (Å²) in [6.45, 7) is 1.68. The molecular weight excluding hydrogens is 260 g/mol. The molecule has 100 valence electrons. The van der Waals surface area contributed by atoms with Gasteiger partial charge in [-0.05, 0) is 31.9 Å². The molecule has 0 amide bonds. The molecule has 1 aromatic rings. The number of hydrogen-bond acceptors (Lipinski definition) is 3. The van der Waals surface area contributed by atoms with Crippen molar-refractivity contribution in [1.29, 1.82) is 0 Å². The van der Waals surface area contributed by atoms with Gasteiger partial charge in [0.15, 0.2) is 9.84 Å². The van der Waals surface area contributed by atoms with Crippen LogP contribution in [0.3, 0.4) is 0 Å². The van der Waals surface area contributed by atoms with Gasteiger partial charge < -0.3 is 5.73 Å². The van der Waals surface area contributed by atoms with E-state index in [1.165, 1.54) is 0 Å². The van der Waals surface area contributed by atoms with Crippen molar-refractivity contribution >= 4 is 9.84 Å². The van der Waals surface area contributed by atoms with E-state index in [2.05, 4.69) is 0 Å². The van der Waals surface area contributed by atoms with Crippen molar-refractivity contribution in [2.75, 3.05) is 6.26 Å². The lowest BCUT2D eigenvalue weighted by Crippen LogP contribution is -2.33. The smallest absolute Gasteiger partial charge is 0.178 e. The molecule has 2 rings (SSSR count). The van der Waals surface area contributed by atoms with Crippen molar-refractivity contribution in [2.24, 2.45) is 5.73 Å². The third kappa shape index (κ3) is 1.93. The van der Waals surface area contributed by atoms with Crippen LogP contribution in [0.1, 0.15) is 25.3 Å². The summed E-state index contributed by atoms with van der Waals surface area (Å²) in [5, 5.41) is 0. The molecule has 1 aliphatic rings. The van der Waals surface area contributed by atoms with Gasteiger partial charge in [-0.2, -0.15) is 0 Å². The fourth-order valence-corrected chi connectivity index (χ4v) is 3.09. The van der Waals surface area contributed by atoms with Crippen LogP contribution < -0.4 is 5.73 Å². The highest BCUT2D eigenvalue weighted by Gasteiger charge is 2.51. The first-order valence-corrected chi connectivity index (χ1v) is 7.53. The summed E-state index contributed by atoms with van der Waals surface area (Å²) in [5.74, 6) is -1.72. The van der Waals surface area contributed by atoms with Gasteiger partial charge in [-0.15, -0.1) is 0 Å². The molecule has 0 aliphatic heterocycles. The zero-order chi connectivity index (χ0) is 13.7. The second-order valence-electron chi connectivity index (χ2n) is 4.95. The standard InChI is InChI=1S/C12H15F2NO2S/c1-7(15)12(5-6-12)10-8(13)3-4-9(11(10)14)18(2,16)17/h3-4,7H,5-6,15H2,1-2H3. The van der Waals surface area contributed by atoms with Gasteiger partial charge in [-0.1, -0.05) is 0 Å². The predicted octanol–water partition coefficient (Wildman–Crippen LogP) is 1.75. The van der Waals surface area contributed by atoms with E-state index in [1.807, 2.05) is 0 Å². The van der Waals surface area contributed by atoms with E-state index in [9.17, 15) is 17.2 Å². The number of halogens is 2. The minimum atomic E-state index is -3.71. The molecule has 6 heteroatoms. The van der Waals surface area contributed by atoms with Crippen LogP contribution in [-0.2, 0) is 15.3 Å². The van der Waals surface area contributed by atoms with Crippen LogP contribution in [0.25, 0.3) is 0 Å². The largest absolute Gasteiger partial charge is 0.327 e. The fourth-order valence-electron chi connectivity index (χ4n) is 2.34. The van der Waals surface area contributed by atoms with Crippen molar-refractivity contribution in [3.8, 4) is 0 Å². The van der Waals surface area contributed by atoms with Crippen LogP contribution in [0.5, 0.6) is 0 Å². The Bertz CT molecular complexity index is 592. The topological polar surface area (TPSA) is 60.2 Å². The molecule has 1 atom stereocenters. The number of sulfone groups is 1. The zero-order valence-electron chi connectivity index (χ0n) is 10.2. The van der Waals surface area contributed by atoms with Crippen LogP contribution >= 0.6 is 0 Å². The van der Waals surface area contributed by atoms with E-state index in [4.69, 9.17) is 5.73 Å². The summed E-state index contributed by atoms with van der Waals surface area (Å²) in [6.07, 6.45) is 2.05. The number of rotatable bonds is 3. The van der Waals surface area contributed by atoms with Gasteiger partial charge in [0, 0.05) is 23.3 Å². The monoisotopic (exact) mass is 275 g/mol. The number of hydrogen-bond donors (Lipinski definition) is 1. The maximum absolute atomic E-state index is 14.3. The second kappa shape index (κ2) is 3.99. The van der Waals surface area contributed by atoms with E-state index in [1.54, 1.807) is 6.92 Å². The summed E-state index contributed by atoms with van der Waals surface area (Å²) in [7, 11) is -3.71. The van der Waals surface area contributed by atoms with Crippen LogP contribution in [0.15, 0.2) is 17.0 Å². The molecule has 0 bridgehead atoms. The molecule has 1 saturated carbocycles. The normalized spacial score (nSPS) is 19.6. The summed E-state index contributed by atoms with van der Waals surface area (Å²) < 4.78 is 51.0. The zero-order valence-corrected chi connectivity index (χ0v) is 11.0. The Kier molecular flexibility index (Phi) is 2.98. The molecule has 1 aromatic carbocycles. The Balaban J connectivity index is 2.69. The molecule has 0 aromatic heterocycles. The fraction of sp³-hybridized carbons (Fsp3) is 0.500. The van der Waals surface area contributed by atoms with E-state index in [0.29, 0.717) is 12.8 Å². The van der Waals surface area contributed by atoms with Gasteiger partial charge in [0.05, 0.1) is 0 Å². The Hall–Kier alpha value is -1.01. The Morgan fingerprint density at radius 1 is 1.33 bits per heavy atom. The average molecular weight is 275 g/mol. The number of nitrogens with two attached hydrogens (primary N) is 1. The molecule has 2 N–H and O–H groups in total. The highest BCUT2D eigenvalue weighted by atomic mass is 32.2. The van der Waals surface area contributed by atoms with Gasteiger partial charge in [0.25, 0.3) is 0 Å². The van der Waals surface area contributed by atoms with Crippen LogP contribution in [-0.4, -0.2) is 20.7 Å². The van der Waals surface area contributed by atoms with Crippen molar-refractivity contribution in [1.82, 2.24) is 0 Å². The van der Waals surface area contributed by atoms with Gasteiger partial charge in [0.1, 0.15) is 16.5 Å². The van der Waals surface area contributed by atoms with Crippen molar-refractivity contribution in [2.45, 2.75) is 36.1 Å². The molecule has 1 fully saturated rings. The summed E-state index contributed by atoms with van der Waals surface area (Å²) in [4.78, 5) is -0.467. The number of benzene rings is 1. The average Bonchev–Trinajstić information content (AvgIpc) is 2.96. The van der Waals surface area contributed by atoms with Crippen molar-refractivity contribution in [3.05, 3.63) is 29.3 Å². The molecule has 0 radical (unpaired) electrons. The lowest BCUT2D eigenvalue weighted by atomic mass is 9.88. The van der Waals surface area contributed by atoms with E-state index >= 15 is 0 Å². The molecule has 1 unspecified atom stereocenters. The lowest BCUT2D eigenvalue weighted by molar-refractivity contribution is 0.461. The van der Waals surface area contributed by atoms with E-state index in [-0.39, 0.29) is 5.56 Å². The first-order valence-electron chi connectivity index (χ1n) is 5.64. The summed E-state index contributed by atoms with van der Waals surface area (Å²) in [5.41, 5.74) is 4.84. The molecule has 0 heterocycles. The third-order valence-electron chi connectivity index (χ3n) is 3.61. The lowest BCUT2D eigenvalue weighted by Gasteiger charge is -2.22. The van der Waals surface area contributed by atoms with Crippen LogP contribution in [0.2, 0.25) is 0 Å². The Morgan fingerprint density at radius 2 is 1.89 bits per heavy atom. The molecule has 0 saturated heterocycles. The molecule has 18 heavy (non-hydrogen) atoms. The van der Waals surface area contributed by atoms with E-state index < -0.39 is 37.8 Å². The van der Waals surface area contributed by atoms with Crippen molar-refractivity contribution in [3.63, 3.8) is 0 Å². The van der Waals surface area contributed by atoms with E-state index in [0.717, 1.165) is 18.4 Å². The van der Waals surface area contributed by atoms with Gasteiger partial charge >= 0.3 is 0 Å². The highest BCUT2D eigenvalue weighted by Crippen LogP contribution is 2.52. The predicted molar refractivity (Wildman–Crippen MR) is 64.0 cm³/mol. The first-order chi connectivity index (χ1) is 8.20. The molecule has 1 aliphatic carbocycles. The summed E-state index contributed by atoms with van der Waals surface area (Å²) >= 11 is 0. The summed E-state index contributed by atoms with van der Waals surface area (Å²) in [6, 6.07) is 1.54. The molecule has 3 nitrogen and oxygen atoms in total. The molecule has 0 spiro atoms. The minimum absolute atomic E-state index is 0.180. The maximum atomic E-state index is 14.3. The van der Waals surface area contributed by atoms with Crippen molar-refractivity contribution < 1.29 is 17.2 Å². The maximum Gasteiger partial charge on any atom is 0.178 e.